The monoisotopic (exact) mass is 346 g/mol. The van der Waals surface area contributed by atoms with Crippen LogP contribution in [0.2, 0.25) is 15.1 Å². The molecule has 0 aliphatic heterocycles. The minimum atomic E-state index is -0.472. The van der Waals surface area contributed by atoms with Crippen molar-refractivity contribution < 1.29 is 9.50 Å². The Morgan fingerprint density at radius 2 is 1.76 bits per heavy atom. The first kappa shape index (κ1) is 15.9. The largest absolute Gasteiger partial charge is 0.507 e. The van der Waals surface area contributed by atoms with Crippen LogP contribution in [-0.2, 0) is 0 Å². The molecule has 0 saturated heterocycles. The summed E-state index contributed by atoms with van der Waals surface area (Å²) in [5.74, 6) is -0.548. The van der Waals surface area contributed by atoms with Gasteiger partial charge in [0.1, 0.15) is 11.6 Å². The molecule has 0 saturated carbocycles. The molecule has 21 heavy (non-hydrogen) atoms. The van der Waals surface area contributed by atoms with Gasteiger partial charge in [-0.05, 0) is 37.3 Å². The number of nitrogens with one attached hydrogen (secondary N) is 1. The van der Waals surface area contributed by atoms with Crippen LogP contribution in [0.4, 0.5) is 10.1 Å². The van der Waals surface area contributed by atoms with Crippen molar-refractivity contribution in [2.45, 2.75) is 6.92 Å². The Morgan fingerprint density at radius 1 is 1.14 bits per heavy atom. The summed E-state index contributed by atoms with van der Waals surface area (Å²) in [6.45, 7) is 1.61. The van der Waals surface area contributed by atoms with Crippen molar-refractivity contribution in [1.82, 2.24) is 0 Å². The molecular formula is C14H10Cl3FN2O. The number of benzene rings is 2. The summed E-state index contributed by atoms with van der Waals surface area (Å²) in [5.41, 5.74) is 3.70. The van der Waals surface area contributed by atoms with Crippen LogP contribution < -0.4 is 5.43 Å². The van der Waals surface area contributed by atoms with Gasteiger partial charge in [-0.3, -0.25) is 5.43 Å². The van der Waals surface area contributed by atoms with Crippen LogP contribution in [0.5, 0.6) is 5.75 Å². The van der Waals surface area contributed by atoms with E-state index < -0.39 is 5.82 Å². The van der Waals surface area contributed by atoms with Crippen LogP contribution in [0.3, 0.4) is 0 Å². The fourth-order valence-corrected chi connectivity index (χ4v) is 2.55. The van der Waals surface area contributed by atoms with Crippen molar-refractivity contribution >= 4 is 46.2 Å². The van der Waals surface area contributed by atoms with Gasteiger partial charge in [-0.1, -0.05) is 34.8 Å². The molecule has 0 radical (unpaired) electrons. The van der Waals surface area contributed by atoms with E-state index in [1.54, 1.807) is 6.92 Å². The lowest BCUT2D eigenvalue weighted by Gasteiger charge is -2.09. The Kier molecular flexibility index (Phi) is 4.93. The van der Waals surface area contributed by atoms with Crippen molar-refractivity contribution in [2.75, 3.05) is 5.43 Å². The van der Waals surface area contributed by atoms with Gasteiger partial charge < -0.3 is 5.11 Å². The SMILES string of the molecule is C/C(=N/Nc1c(Cl)cc(Cl)cc1Cl)c1cc(F)ccc1O. The van der Waals surface area contributed by atoms with Crippen molar-refractivity contribution in [3.05, 3.63) is 56.8 Å². The van der Waals surface area contributed by atoms with Crippen LogP contribution in [0.15, 0.2) is 35.4 Å². The first-order chi connectivity index (χ1) is 9.88. The number of phenolic OH excluding ortho intramolecular Hbond substituents is 1. The van der Waals surface area contributed by atoms with Crippen molar-refractivity contribution in [1.29, 1.82) is 0 Å². The molecule has 0 unspecified atom stereocenters. The van der Waals surface area contributed by atoms with E-state index in [1.165, 1.54) is 24.3 Å². The lowest BCUT2D eigenvalue weighted by atomic mass is 10.1. The fraction of sp³-hybridized carbons (Fsp3) is 0.0714. The number of aromatic hydroxyl groups is 1. The van der Waals surface area contributed by atoms with Gasteiger partial charge in [-0.15, -0.1) is 0 Å². The Hall–Kier alpha value is -1.49. The predicted octanol–water partition coefficient (Wildman–Crippen LogP) is 5.33. The Balaban J connectivity index is 2.31. The third-order valence-corrected chi connectivity index (χ3v) is 3.51. The van der Waals surface area contributed by atoms with Crippen LogP contribution in [0.25, 0.3) is 0 Å². The van der Waals surface area contributed by atoms with E-state index in [0.717, 1.165) is 6.07 Å². The highest BCUT2D eigenvalue weighted by atomic mass is 35.5. The molecule has 0 aliphatic carbocycles. The summed E-state index contributed by atoms with van der Waals surface area (Å²) in [6.07, 6.45) is 0. The van der Waals surface area contributed by atoms with Gasteiger partial charge in [-0.25, -0.2) is 4.39 Å². The molecule has 2 aromatic carbocycles. The molecule has 2 rings (SSSR count). The molecule has 0 bridgehead atoms. The van der Waals surface area contributed by atoms with Gasteiger partial charge in [0, 0.05) is 10.6 Å². The minimum absolute atomic E-state index is 0.0762. The molecule has 0 aromatic heterocycles. The second-order valence-electron chi connectivity index (χ2n) is 4.21. The number of nitrogens with zero attached hydrogens (tertiary/aromatic N) is 1. The Morgan fingerprint density at radius 3 is 2.38 bits per heavy atom. The normalized spacial score (nSPS) is 11.6. The highest BCUT2D eigenvalue weighted by molar-refractivity contribution is 6.41. The lowest BCUT2D eigenvalue weighted by molar-refractivity contribution is 0.472. The first-order valence-electron chi connectivity index (χ1n) is 5.82. The standard InChI is InChI=1S/C14H10Cl3FN2O/c1-7(10-6-9(18)2-3-13(10)21)19-20-14-11(16)4-8(15)5-12(14)17/h2-6,20-21H,1H3/b19-7-. The number of phenols is 1. The molecular weight excluding hydrogens is 338 g/mol. The Bertz CT molecular complexity index is 696. The summed E-state index contributed by atoms with van der Waals surface area (Å²) in [4.78, 5) is 0. The molecule has 0 fully saturated rings. The summed E-state index contributed by atoms with van der Waals surface area (Å²) in [6, 6.07) is 6.63. The van der Waals surface area contributed by atoms with Gasteiger partial charge in [0.15, 0.2) is 0 Å². The number of hydrogen-bond acceptors (Lipinski definition) is 3. The van der Waals surface area contributed by atoms with E-state index in [1.807, 2.05) is 0 Å². The third-order valence-electron chi connectivity index (χ3n) is 2.69. The van der Waals surface area contributed by atoms with E-state index in [2.05, 4.69) is 10.5 Å². The van der Waals surface area contributed by atoms with Crippen LogP contribution in [0.1, 0.15) is 12.5 Å². The molecule has 7 heteroatoms. The van der Waals surface area contributed by atoms with Crippen LogP contribution in [-0.4, -0.2) is 10.8 Å². The summed E-state index contributed by atoms with van der Waals surface area (Å²) in [5, 5.41) is 14.7. The third kappa shape index (κ3) is 3.79. The quantitative estimate of drug-likeness (QED) is 0.582. The molecule has 0 aliphatic rings. The van der Waals surface area contributed by atoms with Gasteiger partial charge >= 0.3 is 0 Å². The van der Waals surface area contributed by atoms with Crippen molar-refractivity contribution in [3.8, 4) is 5.75 Å². The van der Waals surface area contributed by atoms with E-state index in [4.69, 9.17) is 34.8 Å². The number of rotatable bonds is 3. The average molecular weight is 348 g/mol. The van der Waals surface area contributed by atoms with Crippen molar-refractivity contribution in [2.24, 2.45) is 5.10 Å². The zero-order chi connectivity index (χ0) is 15.6. The van der Waals surface area contributed by atoms with Gasteiger partial charge in [0.2, 0.25) is 0 Å². The molecule has 0 atom stereocenters. The zero-order valence-corrected chi connectivity index (χ0v) is 13.1. The first-order valence-corrected chi connectivity index (χ1v) is 6.95. The van der Waals surface area contributed by atoms with Crippen molar-refractivity contribution in [3.63, 3.8) is 0 Å². The molecule has 2 N–H and O–H groups in total. The van der Waals surface area contributed by atoms with Crippen LogP contribution >= 0.6 is 34.8 Å². The second-order valence-corrected chi connectivity index (χ2v) is 5.47. The lowest BCUT2D eigenvalue weighted by Crippen LogP contribution is -2.01. The predicted molar refractivity (Wildman–Crippen MR) is 85.4 cm³/mol. The zero-order valence-electron chi connectivity index (χ0n) is 10.8. The summed E-state index contributed by atoms with van der Waals surface area (Å²) in [7, 11) is 0. The van der Waals surface area contributed by atoms with E-state index >= 15 is 0 Å². The maximum atomic E-state index is 13.2. The summed E-state index contributed by atoms with van der Waals surface area (Å²) < 4.78 is 13.2. The van der Waals surface area contributed by atoms with E-state index in [0.29, 0.717) is 26.5 Å². The smallest absolute Gasteiger partial charge is 0.124 e. The van der Waals surface area contributed by atoms with Gasteiger partial charge in [0.25, 0.3) is 0 Å². The average Bonchev–Trinajstić information content (AvgIpc) is 2.40. The molecule has 2 aromatic rings. The minimum Gasteiger partial charge on any atom is -0.507 e. The molecule has 0 amide bonds. The molecule has 0 spiro atoms. The van der Waals surface area contributed by atoms with Gasteiger partial charge in [-0.2, -0.15) is 5.10 Å². The number of hydrogen-bond donors (Lipinski definition) is 2. The highest BCUT2D eigenvalue weighted by Crippen LogP contribution is 2.33. The second kappa shape index (κ2) is 6.52. The summed E-state index contributed by atoms with van der Waals surface area (Å²) >= 11 is 17.8. The molecule has 0 heterocycles. The molecule has 110 valence electrons. The van der Waals surface area contributed by atoms with Crippen LogP contribution in [0, 0.1) is 5.82 Å². The van der Waals surface area contributed by atoms with E-state index in [-0.39, 0.29) is 11.3 Å². The number of hydrazone groups is 1. The Labute approximate surface area is 136 Å². The topological polar surface area (TPSA) is 44.6 Å². The molecule has 3 nitrogen and oxygen atoms in total. The van der Waals surface area contributed by atoms with E-state index in [9.17, 15) is 9.50 Å². The highest BCUT2D eigenvalue weighted by Gasteiger charge is 2.09. The van der Waals surface area contributed by atoms with Gasteiger partial charge in [0.05, 0.1) is 21.4 Å². The number of anilines is 1. The maximum Gasteiger partial charge on any atom is 0.124 e. The maximum absolute atomic E-state index is 13.2. The fourth-order valence-electron chi connectivity index (χ4n) is 1.65. The number of halogens is 4.